The van der Waals surface area contributed by atoms with Crippen molar-refractivity contribution in [1.29, 1.82) is 0 Å². The number of benzene rings is 8. The summed E-state index contributed by atoms with van der Waals surface area (Å²) in [6.45, 7) is 4.77. The van der Waals surface area contributed by atoms with E-state index in [0.29, 0.717) is 0 Å². The first-order chi connectivity index (χ1) is 24.1. The zero-order valence-corrected chi connectivity index (χ0v) is 29.2. The van der Waals surface area contributed by atoms with Gasteiger partial charge in [-0.2, -0.15) is 0 Å². The van der Waals surface area contributed by atoms with Gasteiger partial charge in [-0.15, -0.1) is 0 Å². The summed E-state index contributed by atoms with van der Waals surface area (Å²) < 4.78 is 2.98. The van der Waals surface area contributed by atoms with Gasteiger partial charge < -0.3 is 0 Å². The monoisotopic (exact) mass is 691 g/mol. The maximum absolute atomic E-state index is 2.51. The predicted octanol–water partition coefficient (Wildman–Crippen LogP) is 12.8. The van der Waals surface area contributed by atoms with E-state index in [0.717, 1.165) is 5.69 Å². The Labute approximate surface area is 292 Å². The van der Waals surface area contributed by atoms with Crippen LogP contribution in [0.3, 0.4) is 0 Å². The summed E-state index contributed by atoms with van der Waals surface area (Å²) in [7, 11) is 0. The molecular weight excluding hydrogens is 657 g/mol. The minimum absolute atomic E-state index is 0.156. The first-order valence-electron chi connectivity index (χ1n) is 17.0. The van der Waals surface area contributed by atoms with Crippen molar-refractivity contribution in [2.45, 2.75) is 19.3 Å². The summed E-state index contributed by atoms with van der Waals surface area (Å²) in [4.78, 5) is 2.51. The van der Waals surface area contributed by atoms with Gasteiger partial charge in [0.15, 0.2) is 0 Å². The van der Waals surface area contributed by atoms with Crippen LogP contribution in [0.2, 0.25) is 0 Å². The van der Waals surface area contributed by atoms with E-state index in [1.165, 1.54) is 85.6 Å². The van der Waals surface area contributed by atoms with Crippen LogP contribution in [0.15, 0.2) is 164 Å². The fourth-order valence-corrected chi connectivity index (χ4v) is 11.0. The van der Waals surface area contributed by atoms with E-state index in [1.807, 2.05) is 0 Å². The minimum atomic E-state index is -0.156. The van der Waals surface area contributed by atoms with Gasteiger partial charge in [0.05, 0.1) is 0 Å². The van der Waals surface area contributed by atoms with Gasteiger partial charge in [0.1, 0.15) is 0 Å². The van der Waals surface area contributed by atoms with Crippen LogP contribution in [0.25, 0.3) is 63.1 Å². The van der Waals surface area contributed by atoms with Gasteiger partial charge in [-0.3, -0.25) is 0 Å². The molecule has 0 atom stereocenters. The molecule has 232 valence electrons. The predicted molar refractivity (Wildman–Crippen MR) is 211 cm³/mol. The molecule has 0 N–H and O–H groups in total. The summed E-state index contributed by atoms with van der Waals surface area (Å²) in [5.74, 6) is 0. The summed E-state index contributed by atoms with van der Waals surface area (Å²) in [5, 5.41) is 8.11. The van der Waals surface area contributed by atoms with Crippen LogP contribution < -0.4 is 4.90 Å². The van der Waals surface area contributed by atoms with E-state index in [4.69, 9.17) is 0 Å². The zero-order chi connectivity index (χ0) is 32.7. The van der Waals surface area contributed by atoms with E-state index < -0.39 is 0 Å². The molecule has 10 rings (SSSR count). The van der Waals surface area contributed by atoms with Crippen molar-refractivity contribution in [1.82, 2.24) is 0 Å². The molecule has 0 bridgehead atoms. The Balaban J connectivity index is 1.27. The van der Waals surface area contributed by atoms with Crippen molar-refractivity contribution >= 4 is 72.4 Å². The van der Waals surface area contributed by atoms with E-state index in [2.05, 4.69) is 183 Å². The van der Waals surface area contributed by atoms with Crippen molar-refractivity contribution in [2.24, 2.45) is 0 Å². The molecule has 1 heterocycles. The van der Waals surface area contributed by atoms with Crippen molar-refractivity contribution in [3.8, 4) is 22.3 Å². The second-order valence-corrected chi connectivity index (χ2v) is 15.9. The number of anilines is 3. The number of hydrogen-bond acceptors (Lipinski definition) is 1. The van der Waals surface area contributed by atoms with Crippen molar-refractivity contribution in [2.75, 3.05) is 4.90 Å². The van der Waals surface area contributed by atoms with Crippen LogP contribution in [0.5, 0.6) is 0 Å². The molecule has 0 saturated carbocycles. The van der Waals surface area contributed by atoms with Crippen molar-refractivity contribution in [3.05, 3.63) is 175 Å². The molecule has 0 amide bonds. The fourth-order valence-electron chi connectivity index (χ4n) is 8.33. The molecule has 0 unspecified atom stereocenters. The first kappa shape index (κ1) is 28.6. The van der Waals surface area contributed by atoms with E-state index in [1.54, 1.807) is 0 Å². The molecule has 0 saturated heterocycles. The van der Waals surface area contributed by atoms with Crippen molar-refractivity contribution < 1.29 is 0 Å². The molecule has 8 aromatic carbocycles. The topological polar surface area (TPSA) is 3.24 Å². The van der Waals surface area contributed by atoms with E-state index >= 15 is 0 Å². The molecule has 0 fully saturated rings. The zero-order valence-electron chi connectivity index (χ0n) is 27.4. The third-order valence-corrected chi connectivity index (χ3v) is 13.1. The molecule has 9 aromatic rings. The third-order valence-electron chi connectivity index (χ3n) is 10.6. The summed E-state index contributed by atoms with van der Waals surface area (Å²) >= 11 is 0.259. The molecule has 0 spiro atoms. The number of rotatable bonds is 4. The quantitative estimate of drug-likeness (QED) is 0.131. The van der Waals surface area contributed by atoms with Crippen LogP contribution in [0.4, 0.5) is 17.1 Å². The molecule has 1 aliphatic carbocycles. The number of fused-ring (bicyclic) bond motifs is 10. The Morgan fingerprint density at radius 1 is 0.490 bits per heavy atom. The van der Waals surface area contributed by atoms with Crippen LogP contribution in [-0.2, 0) is 5.41 Å². The SMILES string of the molecule is CC1(C)c2ccccc2-c2cccc(N(c3cccc(-c4ccccc4)c3)c3ccc4ccc5ccc6c7ccccc7[se]c6c5c4c3)c21. The van der Waals surface area contributed by atoms with Crippen LogP contribution >= 0.6 is 0 Å². The second-order valence-electron chi connectivity index (χ2n) is 13.7. The van der Waals surface area contributed by atoms with Gasteiger partial charge in [0, 0.05) is 0 Å². The molecule has 0 radical (unpaired) electrons. The number of hydrogen-bond donors (Lipinski definition) is 0. The standard InChI is InChI=1S/C47H33NSe/c1-47(2)41-19-8-6-16-36(41)38-18-11-20-42(45(38)47)48(34-15-10-14-33(28-34)30-12-4-3-5-13-30)35-26-24-31-22-23-32-25-27-39-37-17-7-9-21-43(37)49-46(39)44(32)40(31)29-35/h3-29H,1-2H3. The van der Waals surface area contributed by atoms with Crippen LogP contribution in [0.1, 0.15) is 25.0 Å². The summed E-state index contributed by atoms with van der Waals surface area (Å²) in [5.41, 5.74) is 11.3. The number of nitrogens with zero attached hydrogens (tertiary/aromatic N) is 1. The summed E-state index contributed by atoms with van der Waals surface area (Å²) in [6, 6.07) is 60.9. The fraction of sp³-hybridized carbons (Fsp3) is 0.0638. The third kappa shape index (κ3) is 4.31. The molecule has 0 aliphatic heterocycles. The Morgan fingerprint density at radius 3 is 2.10 bits per heavy atom. The van der Waals surface area contributed by atoms with Gasteiger partial charge in [0.2, 0.25) is 0 Å². The van der Waals surface area contributed by atoms with Gasteiger partial charge in [-0.1, -0.05) is 6.07 Å². The molecule has 2 heteroatoms. The second kappa shape index (κ2) is 10.8. The van der Waals surface area contributed by atoms with Gasteiger partial charge >= 0.3 is 288 Å². The van der Waals surface area contributed by atoms with Crippen molar-refractivity contribution in [3.63, 3.8) is 0 Å². The molecule has 49 heavy (non-hydrogen) atoms. The Hall–Kier alpha value is -5.40. The molecular formula is C47H33NSe. The molecule has 1 aromatic heterocycles. The average molecular weight is 691 g/mol. The Kier molecular flexibility index (Phi) is 6.31. The normalized spacial score (nSPS) is 13.3. The first-order valence-corrected chi connectivity index (χ1v) is 18.7. The van der Waals surface area contributed by atoms with E-state index in [-0.39, 0.29) is 19.9 Å². The Morgan fingerprint density at radius 2 is 1.18 bits per heavy atom. The van der Waals surface area contributed by atoms with Crippen LogP contribution in [0, 0.1) is 0 Å². The van der Waals surface area contributed by atoms with Crippen LogP contribution in [-0.4, -0.2) is 14.5 Å². The maximum atomic E-state index is 2.51. The Bertz CT molecular complexity index is 2750. The van der Waals surface area contributed by atoms with Gasteiger partial charge in [0.25, 0.3) is 0 Å². The average Bonchev–Trinajstić information content (AvgIpc) is 3.65. The summed E-state index contributed by atoms with van der Waals surface area (Å²) in [6.07, 6.45) is 0. The van der Waals surface area contributed by atoms with E-state index in [9.17, 15) is 0 Å². The molecule has 1 aliphatic rings. The van der Waals surface area contributed by atoms with Gasteiger partial charge in [-0.05, 0) is 0 Å². The van der Waals surface area contributed by atoms with Gasteiger partial charge in [-0.25, -0.2) is 0 Å². The molecule has 1 nitrogen and oxygen atoms in total.